The molecular weight excluding hydrogens is 338 g/mol. The van der Waals surface area contributed by atoms with Crippen LogP contribution in [-0.2, 0) is 11.2 Å². The minimum Gasteiger partial charge on any atom is -0.491 e. The molecule has 0 unspecified atom stereocenters. The molecule has 0 spiro atoms. The van der Waals surface area contributed by atoms with Crippen LogP contribution in [-0.4, -0.2) is 19.1 Å². The van der Waals surface area contributed by atoms with Crippen molar-refractivity contribution < 1.29 is 14.3 Å². The van der Waals surface area contributed by atoms with Crippen molar-refractivity contribution in [3.63, 3.8) is 0 Å². The summed E-state index contributed by atoms with van der Waals surface area (Å²) >= 11 is 0. The highest BCUT2D eigenvalue weighted by Gasteiger charge is 2.09. The molecule has 0 saturated heterocycles. The number of aryl methyl sites for hydroxylation is 1. The summed E-state index contributed by atoms with van der Waals surface area (Å²) in [6, 6.07) is 25.2. The maximum absolute atomic E-state index is 12.3. The number of hydrogen-bond donors (Lipinski definition) is 1. The number of carbonyl (C=O) groups is 1. The third-order valence-electron chi connectivity index (χ3n) is 4.10. The SMILES string of the molecule is Cc1ccccc1OCC(=O)Nc1ccccc1OCCc1ccccc1. The van der Waals surface area contributed by atoms with Crippen molar-refractivity contribution in [2.24, 2.45) is 0 Å². The second-order valence-corrected chi connectivity index (χ2v) is 6.18. The zero-order chi connectivity index (χ0) is 18.9. The topological polar surface area (TPSA) is 47.6 Å². The molecule has 0 heterocycles. The minimum atomic E-state index is -0.225. The van der Waals surface area contributed by atoms with Gasteiger partial charge in [0, 0.05) is 6.42 Å². The summed E-state index contributed by atoms with van der Waals surface area (Å²) in [5.41, 5.74) is 2.85. The van der Waals surface area contributed by atoms with Gasteiger partial charge in [0.05, 0.1) is 12.3 Å². The van der Waals surface area contributed by atoms with Crippen LogP contribution in [0.25, 0.3) is 0 Å². The van der Waals surface area contributed by atoms with E-state index in [9.17, 15) is 4.79 Å². The van der Waals surface area contributed by atoms with Crippen molar-refractivity contribution in [1.82, 2.24) is 0 Å². The van der Waals surface area contributed by atoms with Gasteiger partial charge >= 0.3 is 0 Å². The van der Waals surface area contributed by atoms with Gasteiger partial charge in [0.2, 0.25) is 0 Å². The third-order valence-corrected chi connectivity index (χ3v) is 4.10. The van der Waals surface area contributed by atoms with E-state index >= 15 is 0 Å². The van der Waals surface area contributed by atoms with Gasteiger partial charge in [-0.2, -0.15) is 0 Å². The lowest BCUT2D eigenvalue weighted by Crippen LogP contribution is -2.21. The van der Waals surface area contributed by atoms with Gasteiger partial charge in [-0.25, -0.2) is 0 Å². The van der Waals surface area contributed by atoms with Crippen molar-refractivity contribution in [2.75, 3.05) is 18.5 Å². The molecule has 0 aliphatic carbocycles. The summed E-state index contributed by atoms with van der Waals surface area (Å²) in [5.74, 6) is 1.13. The Balaban J connectivity index is 1.53. The van der Waals surface area contributed by atoms with Crippen LogP contribution in [0, 0.1) is 6.92 Å². The number of hydrogen-bond acceptors (Lipinski definition) is 3. The van der Waals surface area contributed by atoms with E-state index < -0.39 is 0 Å². The van der Waals surface area contributed by atoms with Gasteiger partial charge in [-0.15, -0.1) is 0 Å². The zero-order valence-corrected chi connectivity index (χ0v) is 15.4. The molecule has 1 amide bonds. The van der Waals surface area contributed by atoms with Gasteiger partial charge in [0.1, 0.15) is 11.5 Å². The Morgan fingerprint density at radius 3 is 2.26 bits per heavy atom. The van der Waals surface area contributed by atoms with Gasteiger partial charge in [0.25, 0.3) is 5.91 Å². The first-order valence-corrected chi connectivity index (χ1v) is 8.96. The highest BCUT2D eigenvalue weighted by molar-refractivity contribution is 5.93. The van der Waals surface area contributed by atoms with Crippen LogP contribution in [0.2, 0.25) is 0 Å². The molecule has 3 aromatic carbocycles. The maximum atomic E-state index is 12.3. The van der Waals surface area contributed by atoms with Gasteiger partial charge < -0.3 is 14.8 Å². The van der Waals surface area contributed by atoms with Crippen LogP contribution < -0.4 is 14.8 Å². The molecule has 0 radical (unpaired) electrons. The van der Waals surface area contributed by atoms with E-state index in [4.69, 9.17) is 9.47 Å². The highest BCUT2D eigenvalue weighted by atomic mass is 16.5. The summed E-state index contributed by atoms with van der Waals surface area (Å²) in [6.45, 7) is 2.43. The van der Waals surface area contributed by atoms with Crippen molar-refractivity contribution in [3.05, 3.63) is 90.0 Å². The molecule has 0 aliphatic rings. The molecule has 4 heteroatoms. The first kappa shape index (κ1) is 18.5. The number of ether oxygens (including phenoxy) is 2. The van der Waals surface area contributed by atoms with Crippen molar-refractivity contribution in [1.29, 1.82) is 0 Å². The van der Waals surface area contributed by atoms with Gasteiger partial charge in [-0.1, -0.05) is 60.7 Å². The maximum Gasteiger partial charge on any atom is 0.262 e. The zero-order valence-electron chi connectivity index (χ0n) is 15.4. The van der Waals surface area contributed by atoms with Crippen LogP contribution in [0.3, 0.4) is 0 Å². The van der Waals surface area contributed by atoms with E-state index in [1.165, 1.54) is 5.56 Å². The largest absolute Gasteiger partial charge is 0.491 e. The summed E-state index contributed by atoms with van der Waals surface area (Å²) in [4.78, 5) is 12.3. The summed E-state index contributed by atoms with van der Waals surface area (Å²) < 4.78 is 11.5. The Kier molecular flexibility index (Phi) is 6.47. The fraction of sp³-hybridized carbons (Fsp3) is 0.174. The van der Waals surface area contributed by atoms with Crippen LogP contribution in [0.4, 0.5) is 5.69 Å². The fourth-order valence-corrected chi connectivity index (χ4v) is 2.67. The third kappa shape index (κ3) is 5.61. The van der Waals surface area contributed by atoms with E-state index in [1.54, 1.807) is 0 Å². The summed E-state index contributed by atoms with van der Waals surface area (Å²) in [7, 11) is 0. The molecule has 0 fully saturated rings. The van der Waals surface area contributed by atoms with Gasteiger partial charge in [-0.05, 0) is 36.2 Å². The second-order valence-electron chi connectivity index (χ2n) is 6.18. The normalized spacial score (nSPS) is 10.3. The molecule has 0 bridgehead atoms. The number of para-hydroxylation sites is 3. The number of carbonyl (C=O) groups excluding carboxylic acids is 1. The van der Waals surface area contributed by atoms with Gasteiger partial charge in [0.15, 0.2) is 6.61 Å². The van der Waals surface area contributed by atoms with Crippen LogP contribution in [0.1, 0.15) is 11.1 Å². The molecular formula is C23H23NO3. The molecule has 1 N–H and O–H groups in total. The molecule has 138 valence electrons. The first-order chi connectivity index (χ1) is 13.2. The lowest BCUT2D eigenvalue weighted by Gasteiger charge is -2.13. The van der Waals surface area contributed by atoms with Crippen molar-refractivity contribution in [3.8, 4) is 11.5 Å². The Hall–Kier alpha value is -3.27. The minimum absolute atomic E-state index is 0.0524. The van der Waals surface area contributed by atoms with Crippen LogP contribution >= 0.6 is 0 Å². The average molecular weight is 361 g/mol. The Labute approximate surface area is 159 Å². The number of amides is 1. The summed E-state index contributed by atoms with van der Waals surface area (Å²) in [6.07, 6.45) is 0.805. The predicted octanol–water partition coefficient (Wildman–Crippen LogP) is 4.63. The highest BCUT2D eigenvalue weighted by Crippen LogP contribution is 2.24. The lowest BCUT2D eigenvalue weighted by atomic mass is 10.2. The Bertz CT molecular complexity index is 878. The van der Waals surface area contributed by atoms with E-state index in [0.717, 1.165) is 12.0 Å². The van der Waals surface area contributed by atoms with Crippen LogP contribution in [0.5, 0.6) is 11.5 Å². The van der Waals surface area contributed by atoms with Gasteiger partial charge in [-0.3, -0.25) is 4.79 Å². The first-order valence-electron chi connectivity index (χ1n) is 8.96. The quantitative estimate of drug-likeness (QED) is 0.636. The average Bonchev–Trinajstić information content (AvgIpc) is 2.69. The predicted molar refractivity (Wildman–Crippen MR) is 107 cm³/mol. The molecule has 0 aliphatic heterocycles. The Morgan fingerprint density at radius 1 is 0.815 bits per heavy atom. The molecule has 4 nitrogen and oxygen atoms in total. The fourth-order valence-electron chi connectivity index (χ4n) is 2.67. The second kappa shape index (κ2) is 9.43. The smallest absolute Gasteiger partial charge is 0.262 e. The molecule has 3 aromatic rings. The van der Waals surface area contributed by atoms with Crippen molar-refractivity contribution >= 4 is 11.6 Å². The van der Waals surface area contributed by atoms with E-state index in [0.29, 0.717) is 23.8 Å². The summed E-state index contributed by atoms with van der Waals surface area (Å²) in [5, 5.41) is 2.86. The molecule has 0 saturated carbocycles. The molecule has 0 aromatic heterocycles. The lowest BCUT2D eigenvalue weighted by molar-refractivity contribution is -0.118. The number of nitrogens with one attached hydrogen (secondary N) is 1. The van der Waals surface area contributed by atoms with E-state index in [-0.39, 0.29) is 12.5 Å². The number of rotatable bonds is 8. The Morgan fingerprint density at radius 2 is 1.48 bits per heavy atom. The monoisotopic (exact) mass is 361 g/mol. The number of anilines is 1. The van der Waals surface area contributed by atoms with E-state index in [1.807, 2.05) is 73.7 Å². The molecule has 3 rings (SSSR count). The standard InChI is InChI=1S/C23H23NO3/c1-18-9-5-7-13-21(18)27-17-23(25)24-20-12-6-8-14-22(20)26-16-15-19-10-3-2-4-11-19/h2-14H,15-17H2,1H3,(H,24,25). The number of benzene rings is 3. The van der Waals surface area contributed by atoms with Crippen LogP contribution in [0.15, 0.2) is 78.9 Å². The molecule has 0 atom stereocenters. The van der Waals surface area contributed by atoms with Crippen molar-refractivity contribution in [2.45, 2.75) is 13.3 Å². The van der Waals surface area contributed by atoms with E-state index in [2.05, 4.69) is 17.4 Å². The molecule has 27 heavy (non-hydrogen) atoms.